The molecule has 0 aliphatic rings. The normalized spacial score (nSPS) is 11.8. The largest absolute Gasteiger partial charge is 0.387 e. The van der Waals surface area contributed by atoms with E-state index in [1.807, 2.05) is 30.3 Å². The second-order valence-corrected chi connectivity index (χ2v) is 4.49. The Labute approximate surface area is 108 Å². The highest BCUT2D eigenvalue weighted by molar-refractivity contribution is 7.13. The van der Waals surface area contributed by atoms with Gasteiger partial charge in [0.1, 0.15) is 0 Å². The average molecular weight is 263 g/mol. The number of nitrogens with zero attached hydrogens (tertiary/aromatic N) is 1. The van der Waals surface area contributed by atoms with Gasteiger partial charge in [-0.1, -0.05) is 30.3 Å². The Kier molecular flexibility index (Phi) is 4.27. The number of hydrogen-bond acceptors (Lipinski definition) is 4. The maximum atomic E-state index is 11.5. The first-order chi connectivity index (χ1) is 8.75. The molecule has 1 aromatic carbocycles. The average Bonchev–Trinajstić information content (AvgIpc) is 2.90. The number of urea groups is 1. The van der Waals surface area contributed by atoms with Crippen molar-refractivity contribution in [3.05, 3.63) is 47.5 Å². The van der Waals surface area contributed by atoms with E-state index in [1.165, 1.54) is 11.3 Å². The van der Waals surface area contributed by atoms with Crippen LogP contribution in [-0.2, 0) is 0 Å². The Morgan fingerprint density at radius 2 is 2.17 bits per heavy atom. The highest BCUT2D eigenvalue weighted by atomic mass is 32.1. The molecule has 3 N–H and O–H groups in total. The minimum atomic E-state index is -0.715. The summed E-state index contributed by atoms with van der Waals surface area (Å²) < 4.78 is 0. The van der Waals surface area contributed by atoms with E-state index in [9.17, 15) is 9.90 Å². The number of nitrogens with one attached hydrogen (secondary N) is 2. The van der Waals surface area contributed by atoms with E-state index in [-0.39, 0.29) is 12.6 Å². The molecule has 1 aromatic heterocycles. The molecule has 6 heteroatoms. The van der Waals surface area contributed by atoms with Gasteiger partial charge in [-0.3, -0.25) is 5.32 Å². The fraction of sp³-hybridized carbons (Fsp3) is 0.167. The van der Waals surface area contributed by atoms with Gasteiger partial charge in [-0.05, 0) is 5.56 Å². The van der Waals surface area contributed by atoms with Crippen LogP contribution in [0.5, 0.6) is 0 Å². The van der Waals surface area contributed by atoms with Crippen molar-refractivity contribution in [2.24, 2.45) is 0 Å². The molecule has 1 unspecified atom stereocenters. The van der Waals surface area contributed by atoms with Crippen LogP contribution in [0.3, 0.4) is 0 Å². The zero-order valence-electron chi connectivity index (χ0n) is 9.54. The van der Waals surface area contributed by atoms with E-state index in [1.54, 1.807) is 11.6 Å². The molecule has 1 atom stereocenters. The Balaban J connectivity index is 1.79. The second kappa shape index (κ2) is 6.13. The van der Waals surface area contributed by atoms with Crippen LogP contribution in [0.15, 0.2) is 41.9 Å². The molecule has 0 saturated carbocycles. The number of thiazole rings is 1. The molecular formula is C12H13N3O2S. The summed E-state index contributed by atoms with van der Waals surface area (Å²) in [4.78, 5) is 15.4. The highest BCUT2D eigenvalue weighted by Gasteiger charge is 2.09. The first-order valence-corrected chi connectivity index (χ1v) is 6.31. The molecule has 2 aromatic rings. The molecule has 94 valence electrons. The topological polar surface area (TPSA) is 74.2 Å². The van der Waals surface area contributed by atoms with Gasteiger partial charge in [-0.2, -0.15) is 0 Å². The lowest BCUT2D eigenvalue weighted by atomic mass is 10.1. The summed E-state index contributed by atoms with van der Waals surface area (Å²) in [5.74, 6) is 0. The van der Waals surface area contributed by atoms with Crippen molar-refractivity contribution >= 4 is 22.5 Å². The van der Waals surface area contributed by atoms with Crippen LogP contribution in [-0.4, -0.2) is 22.7 Å². The number of amides is 2. The Hall–Kier alpha value is -1.92. The van der Waals surface area contributed by atoms with Crippen LogP contribution < -0.4 is 10.6 Å². The number of carbonyl (C=O) groups is 1. The van der Waals surface area contributed by atoms with E-state index in [4.69, 9.17) is 0 Å². The Bertz CT molecular complexity index is 487. The number of carbonyl (C=O) groups excluding carboxylic acids is 1. The van der Waals surface area contributed by atoms with E-state index in [0.717, 1.165) is 5.56 Å². The lowest BCUT2D eigenvalue weighted by molar-refractivity contribution is 0.175. The molecule has 0 aliphatic heterocycles. The third-order valence-electron chi connectivity index (χ3n) is 2.29. The molecule has 5 nitrogen and oxygen atoms in total. The van der Waals surface area contributed by atoms with Crippen LogP contribution in [0.1, 0.15) is 11.7 Å². The van der Waals surface area contributed by atoms with Crippen LogP contribution in [0.2, 0.25) is 0 Å². The van der Waals surface area contributed by atoms with Crippen LogP contribution >= 0.6 is 11.3 Å². The summed E-state index contributed by atoms with van der Waals surface area (Å²) in [5, 5.41) is 17.3. The van der Waals surface area contributed by atoms with E-state index >= 15 is 0 Å². The van der Waals surface area contributed by atoms with Gasteiger partial charge < -0.3 is 10.4 Å². The summed E-state index contributed by atoms with van der Waals surface area (Å²) >= 11 is 1.34. The summed E-state index contributed by atoms with van der Waals surface area (Å²) in [7, 11) is 0. The number of anilines is 1. The molecule has 2 amide bonds. The van der Waals surface area contributed by atoms with Gasteiger partial charge in [0.25, 0.3) is 0 Å². The van der Waals surface area contributed by atoms with Crippen molar-refractivity contribution in [2.75, 3.05) is 11.9 Å². The number of aliphatic hydroxyl groups is 1. The van der Waals surface area contributed by atoms with Gasteiger partial charge in [0, 0.05) is 18.1 Å². The minimum absolute atomic E-state index is 0.154. The summed E-state index contributed by atoms with van der Waals surface area (Å²) in [6, 6.07) is 8.80. The van der Waals surface area contributed by atoms with Gasteiger partial charge in [0.2, 0.25) is 0 Å². The molecule has 0 fully saturated rings. The first-order valence-electron chi connectivity index (χ1n) is 5.43. The molecule has 0 bridgehead atoms. The number of aromatic nitrogens is 1. The van der Waals surface area contributed by atoms with Gasteiger partial charge in [-0.25, -0.2) is 9.78 Å². The number of hydrogen-bond donors (Lipinski definition) is 3. The maximum Gasteiger partial charge on any atom is 0.321 e. The van der Waals surface area contributed by atoms with Crippen molar-refractivity contribution in [2.45, 2.75) is 6.10 Å². The molecular weight excluding hydrogens is 250 g/mol. The SMILES string of the molecule is O=C(NCC(O)c1ccccc1)Nc1nccs1. The molecule has 0 aliphatic carbocycles. The number of rotatable bonds is 4. The van der Waals surface area contributed by atoms with Gasteiger partial charge in [0.15, 0.2) is 5.13 Å². The monoisotopic (exact) mass is 263 g/mol. The lowest BCUT2D eigenvalue weighted by Crippen LogP contribution is -2.32. The van der Waals surface area contributed by atoms with Crippen molar-refractivity contribution in [1.29, 1.82) is 0 Å². The standard InChI is InChI=1S/C12H13N3O2S/c16-10(9-4-2-1-3-5-9)8-14-11(17)15-12-13-6-7-18-12/h1-7,10,16H,8H2,(H2,13,14,15,17). The number of benzene rings is 1. The predicted molar refractivity (Wildman–Crippen MR) is 70.5 cm³/mol. The predicted octanol–water partition coefficient (Wildman–Crippen LogP) is 2.00. The van der Waals surface area contributed by atoms with Crippen molar-refractivity contribution in [3.8, 4) is 0 Å². The zero-order valence-corrected chi connectivity index (χ0v) is 10.4. The molecule has 0 radical (unpaired) electrons. The smallest absolute Gasteiger partial charge is 0.321 e. The van der Waals surface area contributed by atoms with Crippen molar-refractivity contribution in [1.82, 2.24) is 10.3 Å². The maximum absolute atomic E-state index is 11.5. The van der Waals surface area contributed by atoms with Crippen molar-refractivity contribution < 1.29 is 9.90 Å². The van der Waals surface area contributed by atoms with Gasteiger partial charge in [-0.15, -0.1) is 11.3 Å². The Morgan fingerprint density at radius 1 is 1.39 bits per heavy atom. The van der Waals surface area contributed by atoms with Crippen LogP contribution in [0, 0.1) is 0 Å². The van der Waals surface area contributed by atoms with E-state index < -0.39 is 6.10 Å². The molecule has 2 rings (SSSR count). The molecule has 0 saturated heterocycles. The third kappa shape index (κ3) is 3.54. The highest BCUT2D eigenvalue weighted by Crippen LogP contribution is 2.11. The Morgan fingerprint density at radius 3 is 2.83 bits per heavy atom. The minimum Gasteiger partial charge on any atom is -0.387 e. The first kappa shape index (κ1) is 12.5. The molecule has 18 heavy (non-hydrogen) atoms. The summed E-state index contributed by atoms with van der Waals surface area (Å²) in [6.45, 7) is 0.154. The summed E-state index contributed by atoms with van der Waals surface area (Å²) in [5.41, 5.74) is 0.770. The van der Waals surface area contributed by atoms with Crippen LogP contribution in [0.25, 0.3) is 0 Å². The van der Waals surface area contributed by atoms with E-state index in [0.29, 0.717) is 5.13 Å². The molecule has 1 heterocycles. The number of aliphatic hydroxyl groups excluding tert-OH is 1. The third-order valence-corrected chi connectivity index (χ3v) is 2.98. The fourth-order valence-electron chi connectivity index (χ4n) is 1.41. The summed E-state index contributed by atoms with van der Waals surface area (Å²) in [6.07, 6.45) is 0.896. The zero-order chi connectivity index (χ0) is 12.8. The quantitative estimate of drug-likeness (QED) is 0.789. The molecule has 0 spiro atoms. The van der Waals surface area contributed by atoms with Crippen molar-refractivity contribution in [3.63, 3.8) is 0 Å². The van der Waals surface area contributed by atoms with Gasteiger partial charge in [0.05, 0.1) is 6.10 Å². The van der Waals surface area contributed by atoms with Crippen LogP contribution in [0.4, 0.5) is 9.93 Å². The fourth-order valence-corrected chi connectivity index (χ4v) is 1.93. The van der Waals surface area contributed by atoms with Gasteiger partial charge >= 0.3 is 6.03 Å². The second-order valence-electron chi connectivity index (χ2n) is 3.60. The van der Waals surface area contributed by atoms with E-state index in [2.05, 4.69) is 15.6 Å². The lowest BCUT2D eigenvalue weighted by Gasteiger charge is -2.12.